The second-order valence-corrected chi connectivity index (χ2v) is 4.76. The van der Waals surface area contributed by atoms with Gasteiger partial charge in [-0.25, -0.2) is 0 Å². The molecule has 1 unspecified atom stereocenters. The standard InChI is InChI=1S/C13H16N2OS/c1-9-4-5-10(8-15-9)12(14-2)13-11(16-3)6-7-17-13/h4-8,12,14H,1-3H3. The Kier molecular flexibility index (Phi) is 3.76. The molecule has 1 N–H and O–H groups in total. The van der Waals surface area contributed by atoms with Crippen LogP contribution in [-0.4, -0.2) is 19.1 Å². The summed E-state index contributed by atoms with van der Waals surface area (Å²) in [6.45, 7) is 1.99. The fourth-order valence-corrected chi connectivity index (χ4v) is 2.78. The topological polar surface area (TPSA) is 34.2 Å². The van der Waals surface area contributed by atoms with E-state index in [-0.39, 0.29) is 6.04 Å². The van der Waals surface area contributed by atoms with Gasteiger partial charge in [-0.2, -0.15) is 0 Å². The summed E-state index contributed by atoms with van der Waals surface area (Å²) >= 11 is 1.69. The summed E-state index contributed by atoms with van der Waals surface area (Å²) in [6, 6.07) is 6.26. The maximum atomic E-state index is 5.36. The van der Waals surface area contributed by atoms with E-state index in [9.17, 15) is 0 Å². The van der Waals surface area contributed by atoms with E-state index in [2.05, 4.69) is 16.4 Å². The Labute approximate surface area is 105 Å². The molecule has 0 aromatic carbocycles. The Morgan fingerprint density at radius 3 is 2.76 bits per heavy atom. The van der Waals surface area contributed by atoms with E-state index in [0.717, 1.165) is 17.0 Å². The van der Waals surface area contributed by atoms with Crippen molar-refractivity contribution in [3.8, 4) is 5.75 Å². The lowest BCUT2D eigenvalue weighted by Gasteiger charge is -2.16. The van der Waals surface area contributed by atoms with E-state index < -0.39 is 0 Å². The number of ether oxygens (including phenoxy) is 1. The molecule has 0 aliphatic rings. The fourth-order valence-electron chi connectivity index (χ4n) is 1.79. The van der Waals surface area contributed by atoms with Gasteiger partial charge < -0.3 is 10.1 Å². The van der Waals surface area contributed by atoms with Gasteiger partial charge in [0, 0.05) is 11.9 Å². The van der Waals surface area contributed by atoms with Gasteiger partial charge in [0.05, 0.1) is 18.0 Å². The second-order valence-electron chi connectivity index (χ2n) is 3.81. The van der Waals surface area contributed by atoms with Gasteiger partial charge in [-0.15, -0.1) is 11.3 Å². The Hall–Kier alpha value is -1.39. The monoisotopic (exact) mass is 248 g/mol. The highest BCUT2D eigenvalue weighted by Crippen LogP contribution is 2.34. The zero-order valence-corrected chi connectivity index (χ0v) is 11.0. The molecule has 0 spiro atoms. The Morgan fingerprint density at radius 2 is 2.18 bits per heavy atom. The average Bonchev–Trinajstić information content (AvgIpc) is 2.81. The summed E-state index contributed by atoms with van der Waals surface area (Å²) in [5, 5.41) is 5.35. The van der Waals surface area contributed by atoms with Crippen LogP contribution >= 0.6 is 11.3 Å². The van der Waals surface area contributed by atoms with Crippen molar-refractivity contribution in [1.82, 2.24) is 10.3 Å². The SMILES string of the molecule is CNC(c1ccc(C)nc1)c1sccc1OC. The van der Waals surface area contributed by atoms with Crippen molar-refractivity contribution in [3.63, 3.8) is 0 Å². The summed E-state index contributed by atoms with van der Waals surface area (Å²) < 4.78 is 5.36. The third-order valence-corrected chi connectivity index (χ3v) is 3.66. The fraction of sp³-hybridized carbons (Fsp3) is 0.308. The first-order chi connectivity index (χ1) is 8.26. The molecular formula is C13H16N2OS. The molecule has 17 heavy (non-hydrogen) atoms. The maximum absolute atomic E-state index is 5.36. The number of rotatable bonds is 4. The first kappa shape index (κ1) is 12.1. The highest BCUT2D eigenvalue weighted by Gasteiger charge is 2.18. The van der Waals surface area contributed by atoms with Crippen molar-refractivity contribution >= 4 is 11.3 Å². The van der Waals surface area contributed by atoms with Gasteiger partial charge in [-0.05, 0) is 37.0 Å². The number of nitrogens with one attached hydrogen (secondary N) is 1. The van der Waals surface area contributed by atoms with Crippen LogP contribution in [0.3, 0.4) is 0 Å². The van der Waals surface area contributed by atoms with Crippen LogP contribution in [-0.2, 0) is 0 Å². The minimum Gasteiger partial charge on any atom is -0.496 e. The van der Waals surface area contributed by atoms with E-state index >= 15 is 0 Å². The van der Waals surface area contributed by atoms with Crippen LogP contribution in [0.25, 0.3) is 0 Å². The van der Waals surface area contributed by atoms with E-state index in [1.165, 1.54) is 4.88 Å². The molecule has 4 heteroatoms. The van der Waals surface area contributed by atoms with Crippen LogP contribution in [0.5, 0.6) is 5.75 Å². The predicted octanol–water partition coefficient (Wildman–Crippen LogP) is 2.77. The molecule has 0 saturated carbocycles. The summed E-state index contributed by atoms with van der Waals surface area (Å²) in [4.78, 5) is 5.52. The lowest BCUT2D eigenvalue weighted by atomic mass is 10.1. The quantitative estimate of drug-likeness (QED) is 0.903. The number of pyridine rings is 1. The van der Waals surface area contributed by atoms with Crippen molar-refractivity contribution in [3.05, 3.63) is 45.9 Å². The number of methoxy groups -OCH3 is 1. The van der Waals surface area contributed by atoms with Gasteiger partial charge >= 0.3 is 0 Å². The van der Waals surface area contributed by atoms with Crippen molar-refractivity contribution in [1.29, 1.82) is 0 Å². The molecule has 0 saturated heterocycles. The van der Waals surface area contributed by atoms with Crippen LogP contribution < -0.4 is 10.1 Å². The smallest absolute Gasteiger partial charge is 0.134 e. The Balaban J connectivity index is 2.36. The largest absolute Gasteiger partial charge is 0.496 e. The van der Waals surface area contributed by atoms with Crippen LogP contribution in [0.1, 0.15) is 22.2 Å². The highest BCUT2D eigenvalue weighted by atomic mass is 32.1. The Morgan fingerprint density at radius 1 is 1.35 bits per heavy atom. The molecule has 2 aromatic heterocycles. The van der Waals surface area contributed by atoms with Crippen LogP contribution in [0.2, 0.25) is 0 Å². The molecule has 90 valence electrons. The van der Waals surface area contributed by atoms with Crippen molar-refractivity contribution in [2.75, 3.05) is 14.2 Å². The van der Waals surface area contributed by atoms with E-state index in [0.29, 0.717) is 0 Å². The number of aromatic nitrogens is 1. The number of aryl methyl sites for hydroxylation is 1. The van der Waals surface area contributed by atoms with Crippen molar-refractivity contribution in [2.24, 2.45) is 0 Å². The average molecular weight is 248 g/mol. The van der Waals surface area contributed by atoms with Crippen LogP contribution in [0.15, 0.2) is 29.8 Å². The third-order valence-electron chi connectivity index (χ3n) is 2.70. The molecule has 2 rings (SSSR count). The van der Waals surface area contributed by atoms with Gasteiger partial charge in [-0.1, -0.05) is 6.07 Å². The minimum absolute atomic E-state index is 0.137. The van der Waals surface area contributed by atoms with Crippen molar-refractivity contribution < 1.29 is 4.74 Å². The van der Waals surface area contributed by atoms with Gasteiger partial charge in [0.15, 0.2) is 0 Å². The number of hydrogen-bond donors (Lipinski definition) is 1. The highest BCUT2D eigenvalue weighted by molar-refractivity contribution is 7.10. The van der Waals surface area contributed by atoms with Crippen molar-refractivity contribution in [2.45, 2.75) is 13.0 Å². The predicted molar refractivity (Wildman–Crippen MR) is 70.7 cm³/mol. The summed E-state index contributed by atoms with van der Waals surface area (Å²) in [5.74, 6) is 0.926. The number of thiophene rings is 1. The molecular weight excluding hydrogens is 232 g/mol. The zero-order valence-electron chi connectivity index (χ0n) is 10.2. The molecule has 0 amide bonds. The van der Waals surface area contributed by atoms with Crippen LogP contribution in [0.4, 0.5) is 0 Å². The first-order valence-electron chi connectivity index (χ1n) is 5.47. The lowest BCUT2D eigenvalue weighted by molar-refractivity contribution is 0.408. The van der Waals surface area contributed by atoms with Crippen LogP contribution in [0, 0.1) is 6.92 Å². The minimum atomic E-state index is 0.137. The van der Waals surface area contributed by atoms with Gasteiger partial charge in [-0.3, -0.25) is 4.98 Å². The molecule has 0 radical (unpaired) electrons. The molecule has 2 aromatic rings. The van der Waals surface area contributed by atoms with E-state index in [4.69, 9.17) is 4.74 Å². The molecule has 3 nitrogen and oxygen atoms in total. The molecule has 0 bridgehead atoms. The first-order valence-corrected chi connectivity index (χ1v) is 6.35. The van der Waals surface area contributed by atoms with Gasteiger partial charge in [0.1, 0.15) is 5.75 Å². The molecule has 0 aliphatic heterocycles. The van der Waals surface area contributed by atoms with E-state index in [1.54, 1.807) is 18.4 Å². The lowest BCUT2D eigenvalue weighted by Crippen LogP contribution is -2.17. The summed E-state index contributed by atoms with van der Waals surface area (Å²) in [5.41, 5.74) is 2.18. The molecule has 2 heterocycles. The molecule has 1 atom stereocenters. The number of hydrogen-bond acceptors (Lipinski definition) is 4. The second kappa shape index (κ2) is 5.29. The summed E-state index contributed by atoms with van der Waals surface area (Å²) in [7, 11) is 3.65. The van der Waals surface area contributed by atoms with Gasteiger partial charge in [0.2, 0.25) is 0 Å². The molecule has 0 aliphatic carbocycles. The zero-order chi connectivity index (χ0) is 12.3. The maximum Gasteiger partial charge on any atom is 0.134 e. The summed E-state index contributed by atoms with van der Waals surface area (Å²) in [6.07, 6.45) is 1.91. The normalized spacial score (nSPS) is 12.4. The third kappa shape index (κ3) is 2.48. The molecule has 0 fully saturated rings. The van der Waals surface area contributed by atoms with E-state index in [1.807, 2.05) is 37.7 Å². The Bertz CT molecular complexity index is 478. The van der Waals surface area contributed by atoms with Gasteiger partial charge in [0.25, 0.3) is 0 Å². The number of nitrogens with zero attached hydrogens (tertiary/aromatic N) is 1.